The molecule has 0 spiro atoms. The SMILES string of the molecule is CNC(=O)[C@@H](Cc1ccccc1)N(Cc1ccc(Cl)c(Cl)c1)C(=O)CN(c1cc(Cl)ccc1C)S(=O)(=O)c1ccc(C)cc1. The molecule has 0 aromatic heterocycles. The summed E-state index contributed by atoms with van der Waals surface area (Å²) in [5, 5.41) is 3.59. The summed E-state index contributed by atoms with van der Waals surface area (Å²) in [6.07, 6.45) is 0.189. The summed E-state index contributed by atoms with van der Waals surface area (Å²) in [7, 11) is -2.75. The minimum atomic E-state index is -4.25. The smallest absolute Gasteiger partial charge is 0.264 e. The van der Waals surface area contributed by atoms with Crippen LogP contribution in [0.5, 0.6) is 0 Å². The molecule has 11 heteroatoms. The van der Waals surface area contributed by atoms with E-state index >= 15 is 0 Å². The number of likely N-dealkylation sites (N-methyl/N-ethyl adjacent to an activating group) is 1. The van der Waals surface area contributed by atoms with Gasteiger partial charge >= 0.3 is 0 Å². The zero-order chi connectivity index (χ0) is 32.0. The van der Waals surface area contributed by atoms with Gasteiger partial charge in [0.05, 0.1) is 20.6 Å². The summed E-state index contributed by atoms with van der Waals surface area (Å²) < 4.78 is 29.4. The Morgan fingerprint density at radius 3 is 2.14 bits per heavy atom. The summed E-state index contributed by atoms with van der Waals surface area (Å²) >= 11 is 18.8. The molecule has 0 radical (unpaired) electrons. The zero-order valence-electron chi connectivity index (χ0n) is 24.4. The largest absolute Gasteiger partial charge is 0.357 e. The molecule has 0 heterocycles. The predicted molar refractivity (Wildman–Crippen MR) is 177 cm³/mol. The normalized spacial score (nSPS) is 12.0. The van der Waals surface area contributed by atoms with E-state index in [2.05, 4.69) is 5.32 Å². The van der Waals surface area contributed by atoms with E-state index in [1.54, 1.807) is 49.4 Å². The van der Waals surface area contributed by atoms with Gasteiger partial charge in [0.2, 0.25) is 11.8 Å². The molecule has 7 nitrogen and oxygen atoms in total. The lowest BCUT2D eigenvalue weighted by atomic mass is 10.0. The van der Waals surface area contributed by atoms with Crippen LogP contribution in [0.1, 0.15) is 22.3 Å². The van der Waals surface area contributed by atoms with Crippen molar-refractivity contribution >= 4 is 62.3 Å². The van der Waals surface area contributed by atoms with Crippen molar-refractivity contribution in [2.45, 2.75) is 37.8 Å². The number of hydrogen-bond acceptors (Lipinski definition) is 4. The standard InChI is InChI=1S/C33H32Cl3N3O4S/c1-22-9-14-27(15-10-22)44(42,43)39(30-19-26(34)13-11-23(30)2)21-32(40)38(20-25-12-16-28(35)29(36)17-25)31(33(41)37-3)18-24-7-5-4-6-8-24/h4-17,19,31H,18,20-21H2,1-3H3,(H,37,41)/t31-/m1/s1. The summed E-state index contributed by atoms with van der Waals surface area (Å²) in [6.45, 7) is 2.96. The van der Waals surface area contributed by atoms with Crippen LogP contribution in [-0.4, -0.2) is 44.8 Å². The first-order valence-corrected chi connectivity index (χ1v) is 16.3. The molecule has 2 amide bonds. The third-order valence-corrected chi connectivity index (χ3v) is 9.93. The van der Waals surface area contributed by atoms with Crippen LogP contribution < -0.4 is 9.62 Å². The number of carbonyl (C=O) groups is 2. The molecule has 230 valence electrons. The van der Waals surface area contributed by atoms with Gasteiger partial charge in [0, 0.05) is 25.0 Å². The maximum Gasteiger partial charge on any atom is 0.264 e. The van der Waals surface area contributed by atoms with Crippen molar-refractivity contribution in [2.24, 2.45) is 0 Å². The van der Waals surface area contributed by atoms with Crippen molar-refractivity contribution in [2.75, 3.05) is 17.9 Å². The van der Waals surface area contributed by atoms with Crippen molar-refractivity contribution in [3.05, 3.63) is 128 Å². The first-order chi connectivity index (χ1) is 20.9. The van der Waals surface area contributed by atoms with Crippen LogP contribution >= 0.6 is 34.8 Å². The van der Waals surface area contributed by atoms with Crippen molar-refractivity contribution in [1.29, 1.82) is 0 Å². The van der Waals surface area contributed by atoms with Gasteiger partial charge in [-0.3, -0.25) is 13.9 Å². The first-order valence-electron chi connectivity index (χ1n) is 13.7. The van der Waals surface area contributed by atoms with Gasteiger partial charge in [-0.05, 0) is 66.9 Å². The molecule has 0 bridgehead atoms. The molecule has 0 unspecified atom stereocenters. The maximum absolute atomic E-state index is 14.4. The number of sulfonamides is 1. The number of benzene rings is 4. The predicted octanol–water partition coefficient (Wildman–Crippen LogP) is 6.85. The quantitative estimate of drug-likeness (QED) is 0.189. The Labute approximate surface area is 273 Å². The summed E-state index contributed by atoms with van der Waals surface area (Å²) in [5.41, 5.74) is 3.17. The third kappa shape index (κ3) is 7.93. The van der Waals surface area contributed by atoms with E-state index in [1.165, 1.54) is 30.1 Å². The van der Waals surface area contributed by atoms with Gasteiger partial charge < -0.3 is 10.2 Å². The zero-order valence-corrected chi connectivity index (χ0v) is 27.5. The molecule has 0 saturated carbocycles. The Kier molecular flexibility index (Phi) is 11.0. The average molecular weight is 673 g/mol. The number of nitrogens with zero attached hydrogens (tertiary/aromatic N) is 2. The maximum atomic E-state index is 14.4. The Morgan fingerprint density at radius 1 is 0.818 bits per heavy atom. The van der Waals surface area contributed by atoms with Crippen LogP contribution in [0.3, 0.4) is 0 Å². The van der Waals surface area contributed by atoms with E-state index in [0.717, 1.165) is 15.4 Å². The van der Waals surface area contributed by atoms with Crippen LogP contribution in [0, 0.1) is 13.8 Å². The molecule has 0 saturated heterocycles. The summed E-state index contributed by atoms with van der Waals surface area (Å²) in [5.74, 6) is -1.01. The average Bonchev–Trinajstić information content (AvgIpc) is 3.01. The van der Waals surface area contributed by atoms with Crippen molar-refractivity contribution < 1.29 is 18.0 Å². The fourth-order valence-corrected chi connectivity index (χ4v) is 6.71. The molecule has 0 aliphatic rings. The van der Waals surface area contributed by atoms with Crippen molar-refractivity contribution in [3.63, 3.8) is 0 Å². The van der Waals surface area contributed by atoms with Gasteiger partial charge in [-0.2, -0.15) is 0 Å². The minimum Gasteiger partial charge on any atom is -0.357 e. The number of anilines is 1. The minimum absolute atomic E-state index is 0.0124. The van der Waals surface area contributed by atoms with Gasteiger partial charge in [0.25, 0.3) is 10.0 Å². The molecular formula is C33H32Cl3N3O4S. The third-order valence-electron chi connectivity index (χ3n) is 7.18. The lowest BCUT2D eigenvalue weighted by Gasteiger charge is -2.34. The Bertz CT molecular complexity index is 1750. The van der Waals surface area contributed by atoms with Gasteiger partial charge in [0.15, 0.2) is 0 Å². The van der Waals surface area contributed by atoms with E-state index in [9.17, 15) is 18.0 Å². The molecule has 1 atom stereocenters. The van der Waals surface area contributed by atoms with Crippen LogP contribution in [-0.2, 0) is 32.6 Å². The van der Waals surface area contributed by atoms with Gasteiger partial charge in [-0.1, -0.05) is 95.0 Å². The second-order valence-corrected chi connectivity index (χ2v) is 13.5. The molecule has 4 aromatic carbocycles. The number of aryl methyl sites for hydroxylation is 2. The second-order valence-electron chi connectivity index (χ2n) is 10.3. The first kappa shape index (κ1) is 33.3. The van der Waals surface area contributed by atoms with E-state index in [4.69, 9.17) is 34.8 Å². The lowest BCUT2D eigenvalue weighted by molar-refractivity contribution is -0.139. The van der Waals surface area contributed by atoms with Crippen LogP contribution in [0.15, 0.2) is 95.9 Å². The second kappa shape index (κ2) is 14.5. The molecule has 44 heavy (non-hydrogen) atoms. The number of hydrogen-bond donors (Lipinski definition) is 1. The molecule has 0 fully saturated rings. The lowest BCUT2D eigenvalue weighted by Crippen LogP contribution is -2.53. The highest BCUT2D eigenvalue weighted by molar-refractivity contribution is 7.92. The molecule has 4 aromatic rings. The number of rotatable bonds is 11. The fraction of sp³-hybridized carbons (Fsp3) is 0.212. The van der Waals surface area contributed by atoms with E-state index in [0.29, 0.717) is 21.2 Å². The topological polar surface area (TPSA) is 86.8 Å². The van der Waals surface area contributed by atoms with E-state index < -0.39 is 34.4 Å². The number of amides is 2. The number of nitrogens with one attached hydrogen (secondary N) is 1. The van der Waals surface area contributed by atoms with E-state index in [-0.39, 0.29) is 28.6 Å². The highest BCUT2D eigenvalue weighted by Crippen LogP contribution is 2.31. The van der Waals surface area contributed by atoms with Crippen molar-refractivity contribution in [3.8, 4) is 0 Å². The Morgan fingerprint density at radius 2 is 1.50 bits per heavy atom. The highest BCUT2D eigenvalue weighted by atomic mass is 35.5. The van der Waals surface area contributed by atoms with Crippen LogP contribution in [0.2, 0.25) is 15.1 Å². The number of carbonyl (C=O) groups excluding carboxylic acids is 2. The summed E-state index contributed by atoms with van der Waals surface area (Å²) in [6, 6.07) is 24.5. The summed E-state index contributed by atoms with van der Waals surface area (Å²) in [4.78, 5) is 29.2. The van der Waals surface area contributed by atoms with Crippen LogP contribution in [0.4, 0.5) is 5.69 Å². The molecule has 1 N–H and O–H groups in total. The monoisotopic (exact) mass is 671 g/mol. The van der Waals surface area contributed by atoms with E-state index in [1.807, 2.05) is 37.3 Å². The van der Waals surface area contributed by atoms with Gasteiger partial charge in [0.1, 0.15) is 12.6 Å². The van der Waals surface area contributed by atoms with Gasteiger partial charge in [-0.15, -0.1) is 0 Å². The molecule has 0 aliphatic carbocycles. The fourth-order valence-electron chi connectivity index (χ4n) is 4.76. The highest BCUT2D eigenvalue weighted by Gasteiger charge is 2.35. The van der Waals surface area contributed by atoms with Gasteiger partial charge in [-0.25, -0.2) is 8.42 Å². The Balaban J connectivity index is 1.83. The molecule has 4 rings (SSSR count). The molecular weight excluding hydrogens is 641 g/mol. The van der Waals surface area contributed by atoms with Crippen molar-refractivity contribution in [1.82, 2.24) is 10.2 Å². The molecule has 0 aliphatic heterocycles. The number of halogens is 3. The Hall–Kier alpha value is -3.56. The van der Waals surface area contributed by atoms with Crippen LogP contribution in [0.25, 0.3) is 0 Å².